The molecule has 0 amide bonds. The summed E-state index contributed by atoms with van der Waals surface area (Å²) in [5, 5.41) is 4.46. The van der Waals surface area contributed by atoms with Crippen LogP contribution in [0.2, 0.25) is 0 Å². The maximum Gasteiger partial charge on any atom is 0.150 e. The van der Waals surface area contributed by atoms with Crippen molar-refractivity contribution in [3.05, 3.63) is 66.4 Å². The number of hydrogen-bond acceptors (Lipinski definition) is 5. The molecule has 1 saturated heterocycles. The van der Waals surface area contributed by atoms with Gasteiger partial charge in [0.15, 0.2) is 5.65 Å². The Morgan fingerprint density at radius 2 is 1.94 bits per heavy atom. The molecule has 2 aromatic carbocycles. The van der Waals surface area contributed by atoms with Crippen molar-refractivity contribution < 1.29 is 13.9 Å². The van der Waals surface area contributed by atoms with E-state index in [9.17, 15) is 4.39 Å². The molecule has 1 N–H and O–H groups in total. The first kappa shape index (κ1) is 22.3. The van der Waals surface area contributed by atoms with Crippen LogP contribution in [-0.2, 0) is 4.74 Å². The number of hydrogen-bond donors (Lipinski definition) is 1. The first-order chi connectivity index (χ1) is 16.5. The fourth-order valence-electron chi connectivity index (χ4n) is 4.46. The second kappa shape index (κ2) is 9.43. The van der Waals surface area contributed by atoms with Crippen LogP contribution in [0.4, 0.5) is 10.2 Å². The third-order valence-electron chi connectivity index (χ3n) is 5.98. The molecule has 4 aromatic rings. The molecule has 0 aliphatic carbocycles. The molecule has 0 spiro atoms. The van der Waals surface area contributed by atoms with E-state index in [1.165, 1.54) is 12.1 Å². The smallest absolute Gasteiger partial charge is 0.150 e. The van der Waals surface area contributed by atoms with Gasteiger partial charge in [0.1, 0.15) is 23.7 Å². The number of nitrogens with one attached hydrogen (secondary N) is 1. The van der Waals surface area contributed by atoms with Crippen LogP contribution in [0, 0.1) is 12.7 Å². The summed E-state index contributed by atoms with van der Waals surface area (Å²) in [5.74, 6) is 0.895. The van der Waals surface area contributed by atoms with E-state index in [1.54, 1.807) is 6.33 Å². The monoisotopic (exact) mass is 460 g/mol. The number of aromatic nitrogens is 3. The molecule has 6 nitrogen and oxygen atoms in total. The zero-order valence-corrected chi connectivity index (χ0v) is 19.7. The minimum absolute atomic E-state index is 0.0580. The maximum absolute atomic E-state index is 14.7. The number of fused-ring (bicyclic) bond motifs is 1. The second-order valence-corrected chi connectivity index (χ2v) is 9.05. The summed E-state index contributed by atoms with van der Waals surface area (Å²) >= 11 is 0. The summed E-state index contributed by atoms with van der Waals surface area (Å²) in [6, 6.07) is 13.3. The van der Waals surface area contributed by atoms with Crippen molar-refractivity contribution in [3.8, 4) is 22.6 Å². The summed E-state index contributed by atoms with van der Waals surface area (Å²) in [6.45, 7) is 7.37. The van der Waals surface area contributed by atoms with Gasteiger partial charge in [-0.1, -0.05) is 12.1 Å². The molecule has 1 aliphatic heterocycles. The molecule has 0 bridgehead atoms. The normalized spacial score (nSPS) is 14.6. The summed E-state index contributed by atoms with van der Waals surface area (Å²) in [4.78, 5) is 9.25. The predicted molar refractivity (Wildman–Crippen MR) is 132 cm³/mol. The molecule has 34 heavy (non-hydrogen) atoms. The molecular weight excluding hydrogens is 431 g/mol. The molecule has 1 fully saturated rings. The molecular formula is C27H29FN4O2. The van der Waals surface area contributed by atoms with Crippen LogP contribution in [0.15, 0.2) is 55.0 Å². The minimum Gasteiger partial charge on any atom is -0.491 e. The van der Waals surface area contributed by atoms with Gasteiger partial charge in [-0.2, -0.15) is 0 Å². The van der Waals surface area contributed by atoms with Crippen LogP contribution >= 0.6 is 0 Å². The van der Waals surface area contributed by atoms with Crippen LogP contribution in [0.1, 0.15) is 32.3 Å². The largest absolute Gasteiger partial charge is 0.491 e. The highest BCUT2D eigenvalue weighted by Crippen LogP contribution is 2.37. The average molecular weight is 461 g/mol. The van der Waals surface area contributed by atoms with Gasteiger partial charge in [0.05, 0.1) is 11.5 Å². The Morgan fingerprint density at radius 3 is 2.71 bits per heavy atom. The van der Waals surface area contributed by atoms with E-state index >= 15 is 0 Å². The molecule has 3 heterocycles. The zero-order chi connectivity index (χ0) is 23.7. The molecule has 2 aromatic heterocycles. The molecule has 0 radical (unpaired) electrons. The van der Waals surface area contributed by atoms with E-state index in [4.69, 9.17) is 9.47 Å². The first-order valence-electron chi connectivity index (χ1n) is 11.7. The molecule has 5 rings (SSSR count). The Balaban J connectivity index is 1.70. The highest BCUT2D eigenvalue weighted by molar-refractivity contribution is 6.02. The van der Waals surface area contributed by atoms with Gasteiger partial charge in [0.2, 0.25) is 0 Å². The minimum atomic E-state index is -0.347. The Labute approximate surface area is 198 Å². The number of halogens is 1. The van der Waals surface area contributed by atoms with Gasteiger partial charge in [-0.25, -0.2) is 14.4 Å². The number of rotatable bonds is 6. The lowest BCUT2D eigenvalue weighted by atomic mass is 10.0. The Hall–Kier alpha value is -3.45. The van der Waals surface area contributed by atoms with Gasteiger partial charge in [-0.15, -0.1) is 0 Å². The SMILES string of the molecule is Cc1cccc(-n2cc(-c3cc(F)cc(OC(C)C)c3)c3c(NC4CCOCC4)ncnc32)c1. The predicted octanol–water partition coefficient (Wildman–Crippen LogP) is 5.91. The molecule has 1 aliphatic rings. The van der Waals surface area contributed by atoms with Crippen molar-refractivity contribution in [1.82, 2.24) is 14.5 Å². The molecule has 0 atom stereocenters. The maximum atomic E-state index is 14.7. The van der Waals surface area contributed by atoms with E-state index in [0.29, 0.717) is 5.75 Å². The lowest BCUT2D eigenvalue weighted by Crippen LogP contribution is -2.28. The molecule has 176 valence electrons. The highest BCUT2D eigenvalue weighted by Gasteiger charge is 2.21. The van der Waals surface area contributed by atoms with Crippen molar-refractivity contribution in [2.45, 2.75) is 45.8 Å². The third kappa shape index (κ3) is 4.61. The summed E-state index contributed by atoms with van der Waals surface area (Å²) < 4.78 is 28.1. The summed E-state index contributed by atoms with van der Waals surface area (Å²) in [5.41, 5.74) is 4.47. The number of benzene rings is 2. The van der Waals surface area contributed by atoms with Gasteiger partial charge in [-0.05, 0) is 69.0 Å². The fraction of sp³-hybridized carbons (Fsp3) is 0.333. The fourth-order valence-corrected chi connectivity index (χ4v) is 4.46. The van der Waals surface area contributed by atoms with Gasteiger partial charge in [0, 0.05) is 42.8 Å². The van der Waals surface area contributed by atoms with Gasteiger partial charge >= 0.3 is 0 Å². The lowest BCUT2D eigenvalue weighted by Gasteiger charge is -2.24. The van der Waals surface area contributed by atoms with Crippen LogP contribution in [0.3, 0.4) is 0 Å². The van der Waals surface area contributed by atoms with E-state index in [1.807, 2.05) is 42.8 Å². The van der Waals surface area contributed by atoms with Crippen molar-refractivity contribution in [2.24, 2.45) is 0 Å². The van der Waals surface area contributed by atoms with Crippen molar-refractivity contribution in [1.29, 1.82) is 0 Å². The Kier molecular flexibility index (Phi) is 6.20. The second-order valence-electron chi connectivity index (χ2n) is 9.05. The van der Waals surface area contributed by atoms with Crippen molar-refractivity contribution in [2.75, 3.05) is 18.5 Å². The number of aryl methyl sites for hydroxylation is 1. The van der Waals surface area contributed by atoms with Crippen LogP contribution in [0.25, 0.3) is 27.8 Å². The van der Waals surface area contributed by atoms with E-state index in [-0.39, 0.29) is 18.0 Å². The van der Waals surface area contributed by atoms with Crippen LogP contribution in [-0.4, -0.2) is 39.9 Å². The first-order valence-corrected chi connectivity index (χ1v) is 11.7. The standard InChI is InChI=1S/C27H29FN4O2/c1-17(2)34-23-13-19(12-20(28)14-23)24-15-32(22-6-4-5-18(3)11-22)27-25(24)26(29-16-30-27)31-21-7-9-33-10-8-21/h4-6,11-17,21H,7-10H2,1-3H3,(H,29,30,31). The number of nitrogens with zero attached hydrogens (tertiary/aromatic N) is 3. The molecule has 0 unspecified atom stereocenters. The van der Waals surface area contributed by atoms with Crippen LogP contribution in [0.5, 0.6) is 5.75 Å². The quantitative estimate of drug-likeness (QED) is 0.387. The number of ether oxygens (including phenoxy) is 2. The Morgan fingerprint density at radius 1 is 1.12 bits per heavy atom. The molecule has 0 saturated carbocycles. The van der Waals surface area contributed by atoms with E-state index < -0.39 is 0 Å². The zero-order valence-electron chi connectivity index (χ0n) is 19.7. The Bertz CT molecular complexity index is 1310. The van der Waals surface area contributed by atoms with Gasteiger partial charge < -0.3 is 19.4 Å². The number of anilines is 1. The van der Waals surface area contributed by atoms with Gasteiger partial charge in [0.25, 0.3) is 0 Å². The summed E-state index contributed by atoms with van der Waals surface area (Å²) in [6.07, 6.45) is 5.35. The van der Waals surface area contributed by atoms with Crippen molar-refractivity contribution in [3.63, 3.8) is 0 Å². The van der Waals surface area contributed by atoms with Crippen molar-refractivity contribution >= 4 is 16.9 Å². The molecule has 7 heteroatoms. The average Bonchev–Trinajstić information content (AvgIpc) is 3.20. The lowest BCUT2D eigenvalue weighted by molar-refractivity contribution is 0.0904. The summed E-state index contributed by atoms with van der Waals surface area (Å²) in [7, 11) is 0. The van der Waals surface area contributed by atoms with Crippen LogP contribution < -0.4 is 10.1 Å². The third-order valence-corrected chi connectivity index (χ3v) is 5.98. The van der Waals surface area contributed by atoms with E-state index in [2.05, 4.69) is 34.3 Å². The van der Waals surface area contributed by atoms with E-state index in [0.717, 1.165) is 65.3 Å². The van der Waals surface area contributed by atoms with Gasteiger partial charge in [-0.3, -0.25) is 0 Å². The topological polar surface area (TPSA) is 61.2 Å². The highest BCUT2D eigenvalue weighted by atomic mass is 19.1.